The van der Waals surface area contributed by atoms with Crippen LogP contribution in [-0.2, 0) is 14.3 Å². The molecule has 27 heavy (non-hydrogen) atoms. The zero-order valence-corrected chi connectivity index (χ0v) is 15.6. The monoisotopic (exact) mass is 383 g/mol. The molecule has 2 aromatic rings. The van der Waals surface area contributed by atoms with Gasteiger partial charge in [0, 0.05) is 5.92 Å². The minimum absolute atomic E-state index is 0.00273. The summed E-state index contributed by atoms with van der Waals surface area (Å²) in [5.74, 6) is -0.897. The lowest BCUT2D eigenvalue weighted by atomic mass is 9.91. The van der Waals surface area contributed by atoms with Crippen LogP contribution in [0, 0.1) is 0 Å². The first-order chi connectivity index (χ1) is 13.0. The van der Waals surface area contributed by atoms with Crippen molar-refractivity contribution in [2.75, 3.05) is 12.4 Å². The lowest BCUT2D eigenvalue weighted by Gasteiger charge is -2.33. The topological polar surface area (TPSA) is 89.6 Å². The summed E-state index contributed by atoms with van der Waals surface area (Å²) in [7, 11) is 0. The van der Waals surface area contributed by atoms with Crippen LogP contribution in [-0.4, -0.2) is 40.2 Å². The van der Waals surface area contributed by atoms with Crippen LogP contribution in [0.2, 0.25) is 0 Å². The Balaban J connectivity index is 1.49. The number of ether oxygens (including phenoxy) is 1. The van der Waals surface area contributed by atoms with Crippen LogP contribution in [0.5, 0.6) is 0 Å². The quantitative estimate of drug-likeness (QED) is 0.789. The second-order valence-corrected chi connectivity index (χ2v) is 8.44. The Morgan fingerprint density at radius 1 is 1.11 bits per heavy atom. The molecule has 1 aliphatic heterocycles. The molecule has 1 heterocycles. The van der Waals surface area contributed by atoms with Gasteiger partial charge in [0.25, 0.3) is 0 Å². The Morgan fingerprint density at radius 2 is 1.70 bits per heavy atom. The fourth-order valence-corrected chi connectivity index (χ4v) is 5.30. The van der Waals surface area contributed by atoms with Gasteiger partial charge in [0.15, 0.2) is 0 Å². The van der Waals surface area contributed by atoms with E-state index in [1.165, 1.54) is 22.9 Å². The highest BCUT2D eigenvalue weighted by molar-refractivity contribution is 8.00. The third-order valence-electron chi connectivity index (χ3n) is 5.46. The van der Waals surface area contributed by atoms with Gasteiger partial charge in [0.2, 0.25) is 0 Å². The molecular formula is C21H21NO4S. The maximum absolute atomic E-state index is 12.6. The predicted molar refractivity (Wildman–Crippen MR) is 105 cm³/mol. The summed E-state index contributed by atoms with van der Waals surface area (Å²) in [5.41, 5.74) is 9.26. The van der Waals surface area contributed by atoms with Crippen molar-refractivity contribution < 1.29 is 19.4 Å². The Hall–Kier alpha value is -2.31. The van der Waals surface area contributed by atoms with Crippen molar-refractivity contribution in [1.29, 1.82) is 0 Å². The van der Waals surface area contributed by atoms with Gasteiger partial charge >= 0.3 is 11.9 Å². The molecule has 1 saturated heterocycles. The third kappa shape index (κ3) is 3.24. The second kappa shape index (κ2) is 7.02. The van der Waals surface area contributed by atoms with Crippen molar-refractivity contribution in [3.8, 4) is 11.1 Å². The maximum Gasteiger partial charge on any atom is 0.323 e. The first kappa shape index (κ1) is 18.1. The highest BCUT2D eigenvalue weighted by Crippen LogP contribution is 2.44. The van der Waals surface area contributed by atoms with Gasteiger partial charge in [-0.15, -0.1) is 11.8 Å². The van der Waals surface area contributed by atoms with Crippen LogP contribution < -0.4 is 5.73 Å². The lowest BCUT2D eigenvalue weighted by Crippen LogP contribution is -2.53. The summed E-state index contributed by atoms with van der Waals surface area (Å²) in [5, 5.41) is 8.80. The number of rotatable bonds is 4. The molecular weight excluding hydrogens is 362 g/mol. The Kier molecular flexibility index (Phi) is 4.70. The van der Waals surface area contributed by atoms with Gasteiger partial charge in [-0.1, -0.05) is 48.5 Å². The van der Waals surface area contributed by atoms with Gasteiger partial charge in [-0.3, -0.25) is 9.59 Å². The summed E-state index contributed by atoms with van der Waals surface area (Å²) in [6, 6.07) is 16.3. The molecule has 3 N–H and O–H groups in total. The number of hydrogen-bond donors (Lipinski definition) is 2. The smallest absolute Gasteiger partial charge is 0.323 e. The number of carbonyl (C=O) groups is 2. The van der Waals surface area contributed by atoms with Crippen molar-refractivity contribution in [3.63, 3.8) is 0 Å². The van der Waals surface area contributed by atoms with E-state index < -0.39 is 16.8 Å². The molecule has 2 aromatic carbocycles. The highest BCUT2D eigenvalue weighted by atomic mass is 32.2. The van der Waals surface area contributed by atoms with Crippen molar-refractivity contribution >= 4 is 23.7 Å². The summed E-state index contributed by atoms with van der Waals surface area (Å²) in [4.78, 5) is 24.0. The van der Waals surface area contributed by atoms with Crippen molar-refractivity contribution in [3.05, 3.63) is 59.7 Å². The van der Waals surface area contributed by atoms with Gasteiger partial charge in [0.05, 0.1) is 0 Å². The van der Waals surface area contributed by atoms with Gasteiger partial charge in [-0.05, 0) is 40.8 Å². The van der Waals surface area contributed by atoms with Gasteiger partial charge < -0.3 is 15.6 Å². The fraction of sp³-hybridized carbons (Fsp3) is 0.333. The van der Waals surface area contributed by atoms with E-state index in [-0.39, 0.29) is 24.9 Å². The van der Waals surface area contributed by atoms with Crippen LogP contribution in [0.3, 0.4) is 0 Å². The number of aliphatic carboxylic acids is 1. The zero-order valence-electron chi connectivity index (χ0n) is 14.8. The number of fused-ring (bicyclic) bond motifs is 3. The molecule has 1 fully saturated rings. The zero-order chi connectivity index (χ0) is 19.0. The first-order valence-corrected chi connectivity index (χ1v) is 10.0. The van der Waals surface area contributed by atoms with Gasteiger partial charge in [0.1, 0.15) is 17.4 Å². The molecule has 0 spiro atoms. The molecule has 2 aliphatic rings. The average molecular weight is 383 g/mol. The van der Waals surface area contributed by atoms with Crippen LogP contribution in [0.1, 0.15) is 29.9 Å². The Morgan fingerprint density at radius 3 is 2.30 bits per heavy atom. The largest absolute Gasteiger partial charge is 0.480 e. The Labute approximate surface area is 161 Å². The van der Waals surface area contributed by atoms with Crippen molar-refractivity contribution in [1.82, 2.24) is 0 Å². The van der Waals surface area contributed by atoms with Gasteiger partial charge in [-0.2, -0.15) is 0 Å². The summed E-state index contributed by atoms with van der Waals surface area (Å²) in [6.45, 7) is 0.245. The van der Waals surface area contributed by atoms with E-state index in [0.29, 0.717) is 12.2 Å². The summed E-state index contributed by atoms with van der Waals surface area (Å²) in [6.07, 6.45) is 0.462. The summed E-state index contributed by atoms with van der Waals surface area (Å²) < 4.78 is 5.64. The molecule has 4 rings (SSSR count). The first-order valence-electron chi connectivity index (χ1n) is 8.98. The number of carboxylic acids is 1. The molecule has 140 valence electrons. The number of nitrogens with two attached hydrogens (primary N) is 1. The average Bonchev–Trinajstić information content (AvgIpc) is 3.00. The van der Waals surface area contributed by atoms with Crippen molar-refractivity contribution in [2.45, 2.75) is 29.5 Å². The molecule has 6 heteroatoms. The van der Waals surface area contributed by atoms with Crippen LogP contribution in [0.4, 0.5) is 0 Å². The predicted octanol–water partition coefficient (Wildman–Crippen LogP) is 3.02. The van der Waals surface area contributed by atoms with E-state index >= 15 is 0 Å². The van der Waals surface area contributed by atoms with Gasteiger partial charge in [-0.25, -0.2) is 0 Å². The van der Waals surface area contributed by atoms with E-state index in [1.54, 1.807) is 0 Å². The second-order valence-electron chi connectivity index (χ2n) is 7.13. The molecule has 0 radical (unpaired) electrons. The number of thioether (sulfide) groups is 1. The SMILES string of the molecule is N[C@]1(C(=O)O)CCS[C@H](C(=O)OCC2c3ccccc3-c3ccccc32)C1. The standard InChI is InChI=1S/C21H21NO4S/c22-21(20(24)25)9-10-27-18(11-21)19(23)26-12-17-15-7-3-1-5-13(15)14-6-2-4-8-16(14)17/h1-8,17-18H,9-12,22H2,(H,24,25)/t18-,21+/m0/s1. The van der Waals surface area contributed by atoms with E-state index in [1.807, 2.05) is 24.3 Å². The molecule has 5 nitrogen and oxygen atoms in total. The Bertz CT molecular complexity index is 854. The summed E-state index contributed by atoms with van der Waals surface area (Å²) >= 11 is 1.43. The van der Waals surface area contributed by atoms with E-state index in [4.69, 9.17) is 10.5 Å². The molecule has 0 aromatic heterocycles. The number of carbonyl (C=O) groups excluding carboxylic acids is 1. The van der Waals surface area contributed by atoms with E-state index in [0.717, 1.165) is 11.1 Å². The number of benzene rings is 2. The molecule has 1 aliphatic carbocycles. The number of esters is 1. The van der Waals surface area contributed by atoms with E-state index in [2.05, 4.69) is 24.3 Å². The fourth-order valence-electron chi connectivity index (χ4n) is 3.92. The molecule has 0 amide bonds. The van der Waals surface area contributed by atoms with E-state index in [9.17, 15) is 14.7 Å². The van der Waals surface area contributed by atoms with Crippen molar-refractivity contribution in [2.24, 2.45) is 5.73 Å². The minimum Gasteiger partial charge on any atom is -0.480 e. The van der Waals surface area contributed by atoms with Crippen LogP contribution in [0.15, 0.2) is 48.5 Å². The highest BCUT2D eigenvalue weighted by Gasteiger charge is 2.43. The lowest BCUT2D eigenvalue weighted by molar-refractivity contribution is -0.146. The molecule has 2 atom stereocenters. The maximum atomic E-state index is 12.6. The molecule has 0 bridgehead atoms. The van der Waals surface area contributed by atoms with Crippen LogP contribution in [0.25, 0.3) is 11.1 Å². The normalized spacial score (nSPS) is 24.1. The number of hydrogen-bond acceptors (Lipinski definition) is 5. The minimum atomic E-state index is -1.35. The molecule has 0 unspecified atom stereocenters. The third-order valence-corrected chi connectivity index (χ3v) is 6.66. The number of carboxylic acid groups (broad SMARTS) is 1. The van der Waals surface area contributed by atoms with Crippen LogP contribution >= 0.6 is 11.8 Å². The molecule has 0 saturated carbocycles.